The number of hydrogen-bond donors (Lipinski definition) is 1. The highest BCUT2D eigenvalue weighted by Gasteiger charge is 2.09. The summed E-state index contributed by atoms with van der Waals surface area (Å²) in [6.07, 6.45) is 2.15. The van der Waals surface area contributed by atoms with Gasteiger partial charge in [-0.05, 0) is 28.4 Å². The van der Waals surface area contributed by atoms with Gasteiger partial charge in [-0.1, -0.05) is 30.3 Å². The molecule has 2 rings (SSSR count). The fourth-order valence-electron chi connectivity index (χ4n) is 1.86. The highest BCUT2D eigenvalue weighted by Crippen LogP contribution is 2.15. The van der Waals surface area contributed by atoms with E-state index >= 15 is 0 Å². The predicted octanol–water partition coefficient (Wildman–Crippen LogP) is 2.52. The zero-order chi connectivity index (χ0) is 13.7. The van der Waals surface area contributed by atoms with Crippen molar-refractivity contribution in [1.29, 1.82) is 0 Å². The summed E-state index contributed by atoms with van der Waals surface area (Å²) in [7, 11) is 0. The van der Waals surface area contributed by atoms with Crippen molar-refractivity contribution in [2.75, 3.05) is 0 Å². The molecule has 0 saturated heterocycles. The molecule has 2 aromatic rings. The predicted molar refractivity (Wildman–Crippen MR) is 77.6 cm³/mol. The smallest absolute Gasteiger partial charge is 0.224 e. The van der Waals surface area contributed by atoms with Gasteiger partial charge in [0.15, 0.2) is 0 Å². The van der Waals surface area contributed by atoms with Crippen LogP contribution in [0, 0.1) is 0 Å². The summed E-state index contributed by atoms with van der Waals surface area (Å²) < 4.78 is 2.79. The Bertz CT molecular complexity index is 551. The van der Waals surface area contributed by atoms with Gasteiger partial charge in [-0.15, -0.1) is 0 Å². The minimum Gasteiger partial charge on any atom is -0.350 e. The van der Waals surface area contributed by atoms with Gasteiger partial charge >= 0.3 is 0 Å². The molecule has 1 amide bonds. The van der Waals surface area contributed by atoms with Crippen LogP contribution in [-0.2, 0) is 24.3 Å². The summed E-state index contributed by atoms with van der Waals surface area (Å²) in [5, 5.41) is 7.13. The molecule has 1 aromatic carbocycles. The third-order valence-corrected chi connectivity index (χ3v) is 3.52. The first-order chi connectivity index (χ1) is 9.20. The molecule has 1 heterocycles. The number of benzene rings is 1. The first-order valence-electron chi connectivity index (χ1n) is 6.21. The molecule has 100 valence electrons. The lowest BCUT2D eigenvalue weighted by Gasteiger charge is -2.08. The quantitative estimate of drug-likeness (QED) is 0.919. The number of carbonyl (C=O) groups excluding carboxylic acids is 1. The summed E-state index contributed by atoms with van der Waals surface area (Å²) in [6.45, 7) is 3.30. The normalized spacial score (nSPS) is 10.4. The lowest BCUT2D eigenvalue weighted by molar-refractivity contribution is -0.120. The monoisotopic (exact) mass is 321 g/mol. The SMILES string of the molecule is CCn1ncc(Br)c1CNC(=O)Cc1ccccc1. The molecule has 19 heavy (non-hydrogen) atoms. The van der Waals surface area contributed by atoms with E-state index in [-0.39, 0.29) is 5.91 Å². The summed E-state index contributed by atoms with van der Waals surface area (Å²) in [4.78, 5) is 11.9. The van der Waals surface area contributed by atoms with E-state index in [1.165, 1.54) is 0 Å². The Morgan fingerprint density at radius 3 is 2.79 bits per heavy atom. The van der Waals surface area contributed by atoms with Gasteiger partial charge in [0.1, 0.15) is 0 Å². The van der Waals surface area contributed by atoms with Crippen molar-refractivity contribution >= 4 is 21.8 Å². The van der Waals surface area contributed by atoms with Gasteiger partial charge in [0.25, 0.3) is 0 Å². The van der Waals surface area contributed by atoms with Crippen molar-refractivity contribution in [3.63, 3.8) is 0 Å². The minimum atomic E-state index is 0.0157. The van der Waals surface area contributed by atoms with Crippen LogP contribution in [0.5, 0.6) is 0 Å². The van der Waals surface area contributed by atoms with Crippen molar-refractivity contribution in [3.8, 4) is 0 Å². The Morgan fingerprint density at radius 1 is 1.37 bits per heavy atom. The van der Waals surface area contributed by atoms with Crippen LogP contribution >= 0.6 is 15.9 Å². The molecule has 4 nitrogen and oxygen atoms in total. The van der Waals surface area contributed by atoms with Crippen LogP contribution in [0.15, 0.2) is 41.0 Å². The number of carbonyl (C=O) groups is 1. The molecule has 0 fully saturated rings. The zero-order valence-electron chi connectivity index (χ0n) is 10.8. The lowest BCUT2D eigenvalue weighted by Crippen LogP contribution is -2.26. The fourth-order valence-corrected chi connectivity index (χ4v) is 2.30. The van der Waals surface area contributed by atoms with Crippen molar-refractivity contribution < 1.29 is 4.79 Å². The van der Waals surface area contributed by atoms with Gasteiger partial charge in [0.05, 0.1) is 29.3 Å². The van der Waals surface area contributed by atoms with Crippen LogP contribution in [0.1, 0.15) is 18.2 Å². The molecule has 0 unspecified atom stereocenters. The molecule has 1 aromatic heterocycles. The first kappa shape index (κ1) is 13.8. The second-order valence-electron chi connectivity index (χ2n) is 4.19. The molecule has 0 saturated carbocycles. The van der Waals surface area contributed by atoms with Crippen LogP contribution < -0.4 is 5.32 Å². The van der Waals surface area contributed by atoms with E-state index in [9.17, 15) is 4.79 Å². The van der Waals surface area contributed by atoms with Gasteiger partial charge in [-0.25, -0.2) is 0 Å². The Kier molecular flexibility index (Phi) is 4.74. The second-order valence-corrected chi connectivity index (χ2v) is 5.05. The van der Waals surface area contributed by atoms with Gasteiger partial charge in [-0.2, -0.15) is 5.10 Å². The molecule has 0 bridgehead atoms. The summed E-state index contributed by atoms with van der Waals surface area (Å²) in [5.74, 6) is 0.0157. The molecule has 1 N–H and O–H groups in total. The Morgan fingerprint density at radius 2 is 2.11 bits per heavy atom. The van der Waals surface area contributed by atoms with Crippen molar-refractivity contribution in [1.82, 2.24) is 15.1 Å². The molecule has 0 aliphatic rings. The molecular formula is C14H16BrN3O. The maximum absolute atomic E-state index is 11.9. The van der Waals surface area contributed by atoms with Gasteiger partial charge in [-0.3, -0.25) is 9.48 Å². The average molecular weight is 322 g/mol. The molecule has 0 atom stereocenters. The Hall–Kier alpha value is -1.62. The van der Waals surface area contributed by atoms with Crippen molar-refractivity contribution in [2.45, 2.75) is 26.4 Å². The second kappa shape index (κ2) is 6.52. The van der Waals surface area contributed by atoms with Crippen LogP contribution in [-0.4, -0.2) is 15.7 Å². The number of aryl methyl sites for hydroxylation is 1. The maximum Gasteiger partial charge on any atom is 0.224 e. The zero-order valence-corrected chi connectivity index (χ0v) is 12.4. The lowest BCUT2D eigenvalue weighted by atomic mass is 10.1. The molecule has 0 aliphatic carbocycles. The molecular weight excluding hydrogens is 306 g/mol. The maximum atomic E-state index is 11.9. The number of rotatable bonds is 5. The van der Waals surface area contributed by atoms with E-state index in [2.05, 4.69) is 26.3 Å². The molecule has 5 heteroatoms. The van der Waals surface area contributed by atoms with Crippen molar-refractivity contribution in [3.05, 3.63) is 52.3 Å². The Balaban J connectivity index is 1.92. The molecule has 0 radical (unpaired) electrons. The molecule has 0 aliphatic heterocycles. The number of halogens is 1. The largest absolute Gasteiger partial charge is 0.350 e. The number of aromatic nitrogens is 2. The number of nitrogens with zero attached hydrogens (tertiary/aromatic N) is 2. The number of nitrogens with one attached hydrogen (secondary N) is 1. The van der Waals surface area contributed by atoms with Crippen LogP contribution in [0.3, 0.4) is 0 Å². The highest BCUT2D eigenvalue weighted by atomic mass is 79.9. The third kappa shape index (κ3) is 3.67. The van der Waals surface area contributed by atoms with Crippen LogP contribution in [0.4, 0.5) is 0 Å². The summed E-state index contributed by atoms with van der Waals surface area (Å²) in [6, 6.07) is 9.71. The third-order valence-electron chi connectivity index (χ3n) is 2.86. The van der Waals surface area contributed by atoms with Gasteiger partial charge < -0.3 is 5.32 Å². The van der Waals surface area contributed by atoms with E-state index in [0.29, 0.717) is 13.0 Å². The van der Waals surface area contributed by atoms with Crippen LogP contribution in [0.25, 0.3) is 0 Å². The van der Waals surface area contributed by atoms with E-state index in [0.717, 1.165) is 22.3 Å². The minimum absolute atomic E-state index is 0.0157. The van der Waals surface area contributed by atoms with E-state index in [1.54, 1.807) is 6.20 Å². The van der Waals surface area contributed by atoms with E-state index in [1.807, 2.05) is 41.9 Å². The van der Waals surface area contributed by atoms with Gasteiger partial charge in [0, 0.05) is 6.54 Å². The number of amides is 1. The fraction of sp³-hybridized carbons (Fsp3) is 0.286. The average Bonchev–Trinajstić information content (AvgIpc) is 2.78. The number of hydrogen-bond acceptors (Lipinski definition) is 2. The van der Waals surface area contributed by atoms with Crippen LogP contribution in [0.2, 0.25) is 0 Å². The van der Waals surface area contributed by atoms with E-state index < -0.39 is 0 Å². The first-order valence-corrected chi connectivity index (χ1v) is 7.00. The standard InChI is InChI=1S/C14H16BrN3O/c1-2-18-13(12(15)9-17-18)10-16-14(19)8-11-6-4-3-5-7-11/h3-7,9H,2,8,10H2,1H3,(H,16,19). The Labute approximate surface area is 120 Å². The van der Waals surface area contributed by atoms with Gasteiger partial charge in [0.2, 0.25) is 5.91 Å². The summed E-state index contributed by atoms with van der Waals surface area (Å²) in [5.41, 5.74) is 2.01. The topological polar surface area (TPSA) is 46.9 Å². The highest BCUT2D eigenvalue weighted by molar-refractivity contribution is 9.10. The molecule has 0 spiro atoms. The van der Waals surface area contributed by atoms with Crippen molar-refractivity contribution in [2.24, 2.45) is 0 Å². The summed E-state index contributed by atoms with van der Waals surface area (Å²) >= 11 is 3.44. The van der Waals surface area contributed by atoms with E-state index in [4.69, 9.17) is 0 Å².